The SMILES string of the molecule is Cc1nn(C)c(C)c1[C@@H](C)N(C)Cc1cccc(-n2cccn2)c1. The van der Waals surface area contributed by atoms with Crippen LogP contribution in [-0.2, 0) is 13.6 Å². The van der Waals surface area contributed by atoms with Crippen molar-refractivity contribution in [3.63, 3.8) is 0 Å². The number of aryl methyl sites for hydroxylation is 2. The van der Waals surface area contributed by atoms with Crippen molar-refractivity contribution < 1.29 is 0 Å². The maximum Gasteiger partial charge on any atom is 0.0648 e. The summed E-state index contributed by atoms with van der Waals surface area (Å²) in [4.78, 5) is 2.36. The van der Waals surface area contributed by atoms with Crippen molar-refractivity contribution in [1.82, 2.24) is 24.5 Å². The smallest absolute Gasteiger partial charge is 0.0648 e. The summed E-state index contributed by atoms with van der Waals surface area (Å²) >= 11 is 0. The highest BCUT2D eigenvalue weighted by Crippen LogP contribution is 2.26. The number of aromatic nitrogens is 4. The summed E-state index contributed by atoms with van der Waals surface area (Å²) in [5, 5.41) is 8.85. The molecule has 0 radical (unpaired) electrons. The van der Waals surface area contributed by atoms with Gasteiger partial charge in [0.15, 0.2) is 0 Å². The lowest BCUT2D eigenvalue weighted by molar-refractivity contribution is 0.251. The maximum atomic E-state index is 4.55. The Labute approximate surface area is 143 Å². The first-order chi connectivity index (χ1) is 11.5. The molecule has 0 fully saturated rings. The van der Waals surface area contributed by atoms with E-state index in [0.717, 1.165) is 17.9 Å². The average molecular weight is 323 g/mol. The molecular weight excluding hydrogens is 298 g/mol. The Morgan fingerprint density at radius 3 is 2.62 bits per heavy atom. The highest BCUT2D eigenvalue weighted by molar-refractivity contribution is 5.35. The molecule has 0 unspecified atom stereocenters. The Hall–Kier alpha value is -2.40. The third-order valence-electron chi connectivity index (χ3n) is 4.76. The van der Waals surface area contributed by atoms with Crippen LogP contribution in [0.4, 0.5) is 0 Å². The minimum Gasteiger partial charge on any atom is -0.295 e. The molecule has 5 heteroatoms. The van der Waals surface area contributed by atoms with E-state index in [-0.39, 0.29) is 0 Å². The summed E-state index contributed by atoms with van der Waals surface area (Å²) < 4.78 is 3.86. The molecule has 0 amide bonds. The Kier molecular flexibility index (Phi) is 4.53. The van der Waals surface area contributed by atoms with Crippen LogP contribution in [-0.4, -0.2) is 31.5 Å². The van der Waals surface area contributed by atoms with Gasteiger partial charge in [-0.25, -0.2) is 4.68 Å². The zero-order chi connectivity index (χ0) is 17.3. The van der Waals surface area contributed by atoms with Gasteiger partial charge in [-0.3, -0.25) is 9.58 Å². The second-order valence-electron chi connectivity index (χ2n) is 6.42. The molecule has 0 bridgehead atoms. The lowest BCUT2D eigenvalue weighted by Gasteiger charge is -2.25. The lowest BCUT2D eigenvalue weighted by Crippen LogP contribution is -2.23. The summed E-state index contributed by atoms with van der Waals surface area (Å²) in [5.74, 6) is 0. The molecule has 0 aliphatic heterocycles. The minimum absolute atomic E-state index is 0.312. The number of hydrogen-bond donors (Lipinski definition) is 0. The molecule has 2 aromatic heterocycles. The first-order valence-electron chi connectivity index (χ1n) is 8.26. The van der Waals surface area contributed by atoms with Gasteiger partial charge in [0.05, 0.1) is 11.4 Å². The Morgan fingerprint density at radius 1 is 1.21 bits per heavy atom. The first-order valence-corrected chi connectivity index (χ1v) is 8.26. The van der Waals surface area contributed by atoms with Crippen molar-refractivity contribution in [1.29, 1.82) is 0 Å². The molecule has 24 heavy (non-hydrogen) atoms. The molecule has 0 aliphatic carbocycles. The molecule has 0 saturated carbocycles. The minimum atomic E-state index is 0.312. The number of hydrogen-bond acceptors (Lipinski definition) is 3. The fourth-order valence-electron chi connectivity index (χ4n) is 3.26. The van der Waals surface area contributed by atoms with Crippen molar-refractivity contribution in [2.45, 2.75) is 33.4 Å². The zero-order valence-electron chi connectivity index (χ0n) is 15.1. The van der Waals surface area contributed by atoms with Crippen molar-refractivity contribution in [3.05, 3.63) is 65.2 Å². The van der Waals surface area contributed by atoms with Gasteiger partial charge in [-0.1, -0.05) is 12.1 Å². The molecule has 0 saturated heterocycles. The Balaban J connectivity index is 1.79. The predicted octanol–water partition coefficient (Wildman–Crippen LogP) is 3.42. The monoisotopic (exact) mass is 323 g/mol. The fourth-order valence-corrected chi connectivity index (χ4v) is 3.26. The van der Waals surface area contributed by atoms with E-state index in [9.17, 15) is 0 Å². The van der Waals surface area contributed by atoms with Crippen LogP contribution in [0.25, 0.3) is 5.69 Å². The molecule has 0 spiro atoms. The van der Waals surface area contributed by atoms with Crippen LogP contribution in [0.3, 0.4) is 0 Å². The molecule has 3 aromatic rings. The van der Waals surface area contributed by atoms with Gasteiger partial charge in [0, 0.05) is 43.3 Å². The second kappa shape index (κ2) is 6.61. The van der Waals surface area contributed by atoms with Gasteiger partial charge in [-0.15, -0.1) is 0 Å². The van der Waals surface area contributed by atoms with Gasteiger partial charge < -0.3 is 0 Å². The highest BCUT2D eigenvalue weighted by atomic mass is 15.3. The first kappa shape index (κ1) is 16.5. The van der Waals surface area contributed by atoms with Crippen LogP contribution in [0.15, 0.2) is 42.7 Å². The van der Waals surface area contributed by atoms with E-state index in [2.05, 4.69) is 67.2 Å². The van der Waals surface area contributed by atoms with Gasteiger partial charge >= 0.3 is 0 Å². The molecule has 126 valence electrons. The predicted molar refractivity (Wildman–Crippen MR) is 96.1 cm³/mol. The third kappa shape index (κ3) is 3.12. The van der Waals surface area contributed by atoms with Gasteiger partial charge in [-0.2, -0.15) is 10.2 Å². The molecule has 5 nitrogen and oxygen atoms in total. The highest BCUT2D eigenvalue weighted by Gasteiger charge is 2.20. The van der Waals surface area contributed by atoms with E-state index < -0.39 is 0 Å². The van der Waals surface area contributed by atoms with Crippen LogP contribution >= 0.6 is 0 Å². The summed E-state index contributed by atoms with van der Waals surface area (Å²) in [6.45, 7) is 7.35. The van der Waals surface area contributed by atoms with Gasteiger partial charge in [0.2, 0.25) is 0 Å². The van der Waals surface area contributed by atoms with E-state index >= 15 is 0 Å². The quantitative estimate of drug-likeness (QED) is 0.722. The maximum absolute atomic E-state index is 4.55. The average Bonchev–Trinajstić information content (AvgIpc) is 3.16. The van der Waals surface area contributed by atoms with Crippen LogP contribution in [0, 0.1) is 13.8 Å². The van der Waals surface area contributed by atoms with E-state index in [1.807, 2.05) is 28.7 Å². The number of nitrogens with zero attached hydrogens (tertiary/aromatic N) is 5. The van der Waals surface area contributed by atoms with Gasteiger partial charge in [0.25, 0.3) is 0 Å². The lowest BCUT2D eigenvalue weighted by atomic mass is 10.0. The summed E-state index contributed by atoms with van der Waals surface area (Å²) in [5.41, 5.74) is 6.03. The molecule has 0 aliphatic rings. The largest absolute Gasteiger partial charge is 0.295 e. The number of rotatable bonds is 5. The van der Waals surface area contributed by atoms with E-state index in [1.165, 1.54) is 16.8 Å². The summed E-state index contributed by atoms with van der Waals surface area (Å²) in [7, 11) is 4.17. The van der Waals surface area contributed by atoms with Crippen LogP contribution in [0.5, 0.6) is 0 Å². The molecule has 3 rings (SSSR count). The summed E-state index contributed by atoms with van der Waals surface area (Å²) in [6.07, 6.45) is 3.77. The van der Waals surface area contributed by atoms with Gasteiger partial charge in [-0.05, 0) is 51.6 Å². The Morgan fingerprint density at radius 2 is 2.00 bits per heavy atom. The van der Waals surface area contributed by atoms with Crippen molar-refractivity contribution >= 4 is 0 Å². The molecular formula is C19H25N5. The van der Waals surface area contributed by atoms with E-state index in [1.54, 1.807) is 6.20 Å². The third-order valence-corrected chi connectivity index (χ3v) is 4.76. The van der Waals surface area contributed by atoms with Crippen LogP contribution in [0.2, 0.25) is 0 Å². The molecule has 1 atom stereocenters. The summed E-state index contributed by atoms with van der Waals surface area (Å²) in [6, 6.07) is 10.8. The standard InChI is InChI=1S/C19H25N5/c1-14-19(16(3)23(5)21-14)15(2)22(4)13-17-8-6-9-18(12-17)24-11-7-10-20-24/h6-12,15H,13H2,1-5H3/t15-/m1/s1. The molecule has 1 aromatic carbocycles. The van der Waals surface area contributed by atoms with Crippen LogP contribution in [0.1, 0.15) is 35.5 Å². The normalized spacial score (nSPS) is 12.8. The fraction of sp³-hybridized carbons (Fsp3) is 0.368. The van der Waals surface area contributed by atoms with Crippen LogP contribution < -0.4 is 0 Å². The number of benzene rings is 1. The molecule has 0 N–H and O–H groups in total. The van der Waals surface area contributed by atoms with Crippen molar-refractivity contribution in [2.75, 3.05) is 7.05 Å². The van der Waals surface area contributed by atoms with Crippen molar-refractivity contribution in [3.8, 4) is 5.69 Å². The van der Waals surface area contributed by atoms with E-state index in [4.69, 9.17) is 0 Å². The topological polar surface area (TPSA) is 38.9 Å². The van der Waals surface area contributed by atoms with Gasteiger partial charge in [0.1, 0.15) is 0 Å². The molecule has 2 heterocycles. The second-order valence-corrected chi connectivity index (χ2v) is 6.42. The van der Waals surface area contributed by atoms with E-state index in [0.29, 0.717) is 6.04 Å². The zero-order valence-corrected chi connectivity index (χ0v) is 15.1. The van der Waals surface area contributed by atoms with Crippen molar-refractivity contribution in [2.24, 2.45) is 7.05 Å². The Bertz CT molecular complexity index is 816.